The second-order valence-corrected chi connectivity index (χ2v) is 5.21. The molecule has 1 saturated carbocycles. The molecule has 0 radical (unpaired) electrons. The Bertz CT molecular complexity index is 270. The standard InChI is InChI=1S/C13H23NO3/c1-10-5-7-11(8-6-10)13(17)14(2)9-3-4-12(15)16/h10-11H,3-9H2,1-2H3,(H,15,16). The maximum absolute atomic E-state index is 12.1. The van der Waals surface area contributed by atoms with Gasteiger partial charge in [0.1, 0.15) is 0 Å². The van der Waals surface area contributed by atoms with E-state index in [0.29, 0.717) is 13.0 Å². The van der Waals surface area contributed by atoms with Crippen LogP contribution in [0.15, 0.2) is 0 Å². The summed E-state index contributed by atoms with van der Waals surface area (Å²) in [6.45, 7) is 2.79. The van der Waals surface area contributed by atoms with Crippen molar-refractivity contribution in [2.24, 2.45) is 11.8 Å². The summed E-state index contributed by atoms with van der Waals surface area (Å²) in [5.74, 6) is 0.317. The fourth-order valence-corrected chi connectivity index (χ4v) is 2.40. The van der Waals surface area contributed by atoms with E-state index < -0.39 is 5.97 Å². The molecular weight excluding hydrogens is 218 g/mol. The molecule has 1 aliphatic carbocycles. The van der Waals surface area contributed by atoms with E-state index in [1.807, 2.05) is 0 Å². The van der Waals surface area contributed by atoms with Crippen molar-refractivity contribution < 1.29 is 14.7 Å². The molecule has 0 aromatic carbocycles. The summed E-state index contributed by atoms with van der Waals surface area (Å²) in [7, 11) is 1.78. The zero-order valence-corrected chi connectivity index (χ0v) is 10.8. The summed E-state index contributed by atoms with van der Waals surface area (Å²) in [6, 6.07) is 0. The number of carbonyl (C=O) groups is 2. The van der Waals surface area contributed by atoms with Crippen LogP contribution in [0.5, 0.6) is 0 Å². The van der Waals surface area contributed by atoms with Gasteiger partial charge in [-0.15, -0.1) is 0 Å². The van der Waals surface area contributed by atoms with Gasteiger partial charge in [-0.3, -0.25) is 9.59 Å². The normalized spacial score (nSPS) is 24.4. The molecule has 17 heavy (non-hydrogen) atoms. The van der Waals surface area contributed by atoms with E-state index in [9.17, 15) is 9.59 Å². The third-order valence-electron chi connectivity index (χ3n) is 3.63. The molecule has 0 aromatic rings. The summed E-state index contributed by atoms with van der Waals surface area (Å²) in [5.41, 5.74) is 0. The topological polar surface area (TPSA) is 57.6 Å². The first kappa shape index (κ1) is 14.0. The first-order valence-corrected chi connectivity index (χ1v) is 6.47. The lowest BCUT2D eigenvalue weighted by Crippen LogP contribution is -2.35. The summed E-state index contributed by atoms with van der Waals surface area (Å²) in [6.07, 6.45) is 4.94. The zero-order valence-electron chi connectivity index (χ0n) is 10.8. The molecule has 0 spiro atoms. The van der Waals surface area contributed by atoms with Crippen molar-refractivity contribution in [2.75, 3.05) is 13.6 Å². The highest BCUT2D eigenvalue weighted by Gasteiger charge is 2.26. The van der Waals surface area contributed by atoms with E-state index >= 15 is 0 Å². The maximum atomic E-state index is 12.1. The zero-order chi connectivity index (χ0) is 12.8. The van der Waals surface area contributed by atoms with Crippen LogP contribution in [0.4, 0.5) is 0 Å². The van der Waals surface area contributed by atoms with Gasteiger partial charge in [-0.2, -0.15) is 0 Å². The molecule has 0 bridgehead atoms. The van der Waals surface area contributed by atoms with Crippen LogP contribution in [0.1, 0.15) is 45.4 Å². The number of carboxylic acid groups (broad SMARTS) is 1. The van der Waals surface area contributed by atoms with Gasteiger partial charge in [0.05, 0.1) is 0 Å². The summed E-state index contributed by atoms with van der Waals surface area (Å²) in [4.78, 5) is 24.1. The second kappa shape index (κ2) is 6.62. The highest BCUT2D eigenvalue weighted by atomic mass is 16.4. The number of nitrogens with zero attached hydrogens (tertiary/aromatic N) is 1. The molecule has 0 heterocycles. The third-order valence-corrected chi connectivity index (χ3v) is 3.63. The SMILES string of the molecule is CC1CCC(C(=O)N(C)CCCC(=O)O)CC1. The number of amides is 1. The Labute approximate surface area is 103 Å². The molecule has 1 aliphatic rings. The summed E-state index contributed by atoms with van der Waals surface area (Å²) < 4.78 is 0. The van der Waals surface area contributed by atoms with Crippen molar-refractivity contribution in [1.29, 1.82) is 0 Å². The van der Waals surface area contributed by atoms with E-state index in [-0.39, 0.29) is 18.2 Å². The average Bonchev–Trinajstić information content (AvgIpc) is 2.28. The predicted octanol–water partition coefficient (Wildman–Crippen LogP) is 2.14. The molecule has 1 N–H and O–H groups in total. The quantitative estimate of drug-likeness (QED) is 0.802. The summed E-state index contributed by atoms with van der Waals surface area (Å²) >= 11 is 0. The highest BCUT2D eigenvalue weighted by Crippen LogP contribution is 2.29. The van der Waals surface area contributed by atoms with Crippen LogP contribution in [0.25, 0.3) is 0 Å². The largest absolute Gasteiger partial charge is 0.481 e. The predicted molar refractivity (Wildman–Crippen MR) is 65.6 cm³/mol. The van der Waals surface area contributed by atoms with Crippen molar-refractivity contribution in [1.82, 2.24) is 4.90 Å². The van der Waals surface area contributed by atoms with Gasteiger partial charge in [-0.05, 0) is 38.0 Å². The lowest BCUT2D eigenvalue weighted by atomic mass is 9.82. The lowest BCUT2D eigenvalue weighted by molar-refractivity contribution is -0.139. The van der Waals surface area contributed by atoms with Crippen molar-refractivity contribution >= 4 is 11.9 Å². The smallest absolute Gasteiger partial charge is 0.303 e. The second-order valence-electron chi connectivity index (χ2n) is 5.21. The van der Waals surface area contributed by atoms with Gasteiger partial charge in [0.25, 0.3) is 0 Å². The number of carbonyl (C=O) groups excluding carboxylic acids is 1. The molecule has 0 aliphatic heterocycles. The minimum absolute atomic E-state index is 0.138. The Balaban J connectivity index is 2.28. The molecule has 1 fully saturated rings. The lowest BCUT2D eigenvalue weighted by Gasteiger charge is -2.29. The number of carboxylic acids is 1. The van der Waals surface area contributed by atoms with Crippen molar-refractivity contribution in [3.63, 3.8) is 0 Å². The van der Waals surface area contributed by atoms with Crippen LogP contribution >= 0.6 is 0 Å². The molecule has 1 amide bonds. The van der Waals surface area contributed by atoms with Crippen molar-refractivity contribution in [3.05, 3.63) is 0 Å². The van der Waals surface area contributed by atoms with E-state index in [1.54, 1.807) is 11.9 Å². The van der Waals surface area contributed by atoms with Crippen LogP contribution in [-0.2, 0) is 9.59 Å². The van der Waals surface area contributed by atoms with E-state index in [1.165, 1.54) is 0 Å². The van der Waals surface area contributed by atoms with Gasteiger partial charge in [-0.25, -0.2) is 0 Å². The van der Waals surface area contributed by atoms with Crippen LogP contribution in [-0.4, -0.2) is 35.5 Å². The Morgan fingerprint density at radius 1 is 1.24 bits per heavy atom. The molecule has 0 aromatic heterocycles. The van der Waals surface area contributed by atoms with Crippen LogP contribution in [0.3, 0.4) is 0 Å². The average molecular weight is 241 g/mol. The minimum atomic E-state index is -0.794. The van der Waals surface area contributed by atoms with Crippen molar-refractivity contribution in [2.45, 2.75) is 45.4 Å². The Kier molecular flexibility index (Phi) is 5.45. The van der Waals surface area contributed by atoms with Gasteiger partial charge in [0.2, 0.25) is 5.91 Å². The Morgan fingerprint density at radius 3 is 2.35 bits per heavy atom. The van der Waals surface area contributed by atoms with Crippen molar-refractivity contribution in [3.8, 4) is 0 Å². The molecule has 4 heteroatoms. The van der Waals surface area contributed by atoms with E-state index in [0.717, 1.165) is 31.6 Å². The molecule has 4 nitrogen and oxygen atoms in total. The number of hydrogen-bond donors (Lipinski definition) is 1. The Hall–Kier alpha value is -1.06. The van der Waals surface area contributed by atoms with Gasteiger partial charge in [0, 0.05) is 25.9 Å². The Morgan fingerprint density at radius 2 is 1.82 bits per heavy atom. The van der Waals surface area contributed by atoms with Crippen LogP contribution in [0, 0.1) is 11.8 Å². The monoisotopic (exact) mass is 241 g/mol. The van der Waals surface area contributed by atoms with Crippen LogP contribution < -0.4 is 0 Å². The molecular formula is C13H23NO3. The van der Waals surface area contributed by atoms with Gasteiger partial charge >= 0.3 is 5.97 Å². The van der Waals surface area contributed by atoms with Gasteiger partial charge in [-0.1, -0.05) is 6.92 Å². The first-order valence-electron chi connectivity index (χ1n) is 6.47. The fourth-order valence-electron chi connectivity index (χ4n) is 2.40. The number of aliphatic carboxylic acids is 1. The van der Waals surface area contributed by atoms with E-state index in [2.05, 4.69) is 6.92 Å². The molecule has 98 valence electrons. The maximum Gasteiger partial charge on any atom is 0.303 e. The fraction of sp³-hybridized carbons (Fsp3) is 0.846. The van der Waals surface area contributed by atoms with Gasteiger partial charge < -0.3 is 10.0 Å². The molecule has 0 atom stereocenters. The number of rotatable bonds is 5. The first-order chi connectivity index (χ1) is 8.00. The van der Waals surface area contributed by atoms with Gasteiger partial charge in [0.15, 0.2) is 0 Å². The third kappa shape index (κ3) is 4.75. The minimum Gasteiger partial charge on any atom is -0.481 e. The molecule has 0 saturated heterocycles. The molecule has 0 unspecified atom stereocenters. The summed E-state index contributed by atoms with van der Waals surface area (Å²) in [5, 5.41) is 8.54. The molecule has 1 rings (SSSR count). The van der Waals surface area contributed by atoms with Crippen LogP contribution in [0.2, 0.25) is 0 Å². The van der Waals surface area contributed by atoms with E-state index in [4.69, 9.17) is 5.11 Å². The highest BCUT2D eigenvalue weighted by molar-refractivity contribution is 5.78. The number of hydrogen-bond acceptors (Lipinski definition) is 2.